The van der Waals surface area contributed by atoms with Gasteiger partial charge < -0.3 is 5.73 Å². The van der Waals surface area contributed by atoms with Gasteiger partial charge in [0.25, 0.3) is 0 Å². The van der Waals surface area contributed by atoms with Crippen molar-refractivity contribution in [2.45, 2.75) is 19.4 Å². The van der Waals surface area contributed by atoms with Crippen LogP contribution in [0.1, 0.15) is 12.5 Å². The van der Waals surface area contributed by atoms with Crippen LogP contribution in [0.25, 0.3) is 0 Å². The monoisotopic (exact) mass is 197 g/mol. The molecule has 1 unspecified atom stereocenters. The Bertz CT molecular complexity index is 327. The topological polar surface area (TPSA) is 26.0 Å². The standard InChI is InChI=1S/C11H13F2N/c1-7(2)11(14)6-8-9(12)4-3-5-10(8)13/h3-5,11H,1,6,14H2,2H3. The highest BCUT2D eigenvalue weighted by molar-refractivity contribution is 5.22. The predicted molar refractivity (Wildman–Crippen MR) is 52.9 cm³/mol. The Labute approximate surface area is 82.2 Å². The van der Waals surface area contributed by atoms with Crippen LogP contribution in [0.4, 0.5) is 8.78 Å². The number of rotatable bonds is 3. The fourth-order valence-corrected chi connectivity index (χ4v) is 1.12. The Kier molecular flexibility index (Phi) is 3.36. The highest BCUT2D eigenvalue weighted by Gasteiger charge is 2.12. The number of halogens is 2. The summed E-state index contributed by atoms with van der Waals surface area (Å²) in [6.45, 7) is 5.38. The molecule has 2 N–H and O–H groups in total. The summed E-state index contributed by atoms with van der Waals surface area (Å²) in [5.41, 5.74) is 6.40. The van der Waals surface area contributed by atoms with Gasteiger partial charge in [-0.05, 0) is 25.5 Å². The molecular formula is C11H13F2N. The highest BCUT2D eigenvalue weighted by Crippen LogP contribution is 2.15. The number of hydrogen-bond donors (Lipinski definition) is 1. The maximum atomic E-state index is 13.1. The highest BCUT2D eigenvalue weighted by atomic mass is 19.1. The molecule has 0 bridgehead atoms. The molecule has 0 aliphatic carbocycles. The van der Waals surface area contributed by atoms with Gasteiger partial charge >= 0.3 is 0 Å². The van der Waals surface area contributed by atoms with Crippen molar-refractivity contribution < 1.29 is 8.78 Å². The summed E-state index contributed by atoms with van der Waals surface area (Å²) in [6, 6.07) is 3.38. The molecule has 0 saturated heterocycles. The molecule has 0 aromatic heterocycles. The van der Waals surface area contributed by atoms with E-state index in [2.05, 4.69) is 6.58 Å². The third-order valence-corrected chi connectivity index (χ3v) is 2.12. The van der Waals surface area contributed by atoms with Crippen molar-refractivity contribution in [3.63, 3.8) is 0 Å². The quantitative estimate of drug-likeness (QED) is 0.740. The van der Waals surface area contributed by atoms with Gasteiger partial charge in [-0.25, -0.2) is 8.78 Å². The third kappa shape index (κ3) is 2.39. The van der Waals surface area contributed by atoms with Gasteiger partial charge in [-0.15, -0.1) is 0 Å². The average molecular weight is 197 g/mol. The van der Waals surface area contributed by atoms with Crippen LogP contribution in [0.5, 0.6) is 0 Å². The van der Waals surface area contributed by atoms with E-state index in [-0.39, 0.29) is 12.0 Å². The molecule has 0 aliphatic heterocycles. The van der Waals surface area contributed by atoms with E-state index in [0.717, 1.165) is 0 Å². The van der Waals surface area contributed by atoms with Crippen LogP contribution >= 0.6 is 0 Å². The van der Waals surface area contributed by atoms with Crippen LogP contribution < -0.4 is 5.73 Å². The van der Waals surface area contributed by atoms with Gasteiger partial charge in [0.1, 0.15) is 11.6 Å². The smallest absolute Gasteiger partial charge is 0.129 e. The Morgan fingerprint density at radius 1 is 1.43 bits per heavy atom. The van der Waals surface area contributed by atoms with Crippen LogP contribution in [-0.4, -0.2) is 6.04 Å². The van der Waals surface area contributed by atoms with Crippen LogP contribution in [0.15, 0.2) is 30.4 Å². The van der Waals surface area contributed by atoms with Crippen molar-refractivity contribution in [1.29, 1.82) is 0 Å². The first-order valence-corrected chi connectivity index (χ1v) is 4.36. The lowest BCUT2D eigenvalue weighted by molar-refractivity contribution is 0.545. The minimum Gasteiger partial charge on any atom is -0.324 e. The van der Waals surface area contributed by atoms with E-state index in [0.29, 0.717) is 5.57 Å². The van der Waals surface area contributed by atoms with Crippen molar-refractivity contribution >= 4 is 0 Å². The van der Waals surface area contributed by atoms with Gasteiger partial charge in [0.05, 0.1) is 0 Å². The summed E-state index contributed by atoms with van der Waals surface area (Å²) in [7, 11) is 0. The first-order valence-electron chi connectivity index (χ1n) is 4.36. The maximum absolute atomic E-state index is 13.1. The van der Waals surface area contributed by atoms with E-state index in [1.807, 2.05) is 0 Å². The first-order chi connectivity index (χ1) is 6.52. The molecule has 0 amide bonds. The predicted octanol–water partition coefficient (Wildman–Crippen LogP) is 2.41. The zero-order valence-corrected chi connectivity index (χ0v) is 8.06. The Morgan fingerprint density at radius 2 is 1.93 bits per heavy atom. The molecule has 1 nitrogen and oxygen atoms in total. The SMILES string of the molecule is C=C(C)C(N)Cc1c(F)cccc1F. The van der Waals surface area contributed by atoms with E-state index >= 15 is 0 Å². The molecule has 0 heterocycles. The molecule has 0 spiro atoms. The number of benzene rings is 1. The van der Waals surface area contributed by atoms with Gasteiger partial charge in [0.2, 0.25) is 0 Å². The normalized spacial score (nSPS) is 12.6. The molecule has 1 aromatic carbocycles. The zero-order valence-electron chi connectivity index (χ0n) is 8.06. The largest absolute Gasteiger partial charge is 0.324 e. The number of nitrogens with two attached hydrogens (primary N) is 1. The lowest BCUT2D eigenvalue weighted by Gasteiger charge is -2.12. The molecule has 0 saturated carbocycles. The molecule has 14 heavy (non-hydrogen) atoms. The number of hydrogen-bond acceptors (Lipinski definition) is 1. The van der Waals surface area contributed by atoms with Gasteiger partial charge in [0, 0.05) is 11.6 Å². The lowest BCUT2D eigenvalue weighted by atomic mass is 10.0. The molecular weight excluding hydrogens is 184 g/mol. The molecule has 1 aromatic rings. The molecule has 76 valence electrons. The van der Waals surface area contributed by atoms with Gasteiger partial charge in [-0.3, -0.25) is 0 Å². The maximum Gasteiger partial charge on any atom is 0.129 e. The summed E-state index contributed by atoms with van der Waals surface area (Å²) in [5.74, 6) is -1.11. The Morgan fingerprint density at radius 3 is 2.36 bits per heavy atom. The molecule has 1 rings (SSSR count). The van der Waals surface area contributed by atoms with E-state index in [9.17, 15) is 8.78 Å². The summed E-state index contributed by atoms with van der Waals surface area (Å²) >= 11 is 0. The second-order valence-electron chi connectivity index (χ2n) is 3.36. The van der Waals surface area contributed by atoms with Crippen LogP contribution in [0.2, 0.25) is 0 Å². The minimum absolute atomic E-state index is 0.0306. The lowest BCUT2D eigenvalue weighted by Crippen LogP contribution is -2.24. The molecule has 0 fully saturated rings. The summed E-state index contributed by atoms with van der Waals surface area (Å²) in [4.78, 5) is 0. The van der Waals surface area contributed by atoms with Crippen molar-refractivity contribution in [1.82, 2.24) is 0 Å². The van der Waals surface area contributed by atoms with E-state index < -0.39 is 17.7 Å². The van der Waals surface area contributed by atoms with Crippen molar-refractivity contribution in [2.24, 2.45) is 5.73 Å². The second kappa shape index (κ2) is 4.33. The van der Waals surface area contributed by atoms with Crippen LogP contribution in [0, 0.1) is 11.6 Å². The van der Waals surface area contributed by atoms with Gasteiger partial charge in [-0.2, -0.15) is 0 Å². The minimum atomic E-state index is -0.554. The molecule has 1 atom stereocenters. The van der Waals surface area contributed by atoms with Crippen LogP contribution in [0.3, 0.4) is 0 Å². The average Bonchev–Trinajstić information content (AvgIpc) is 2.11. The fourth-order valence-electron chi connectivity index (χ4n) is 1.12. The van der Waals surface area contributed by atoms with Crippen molar-refractivity contribution in [2.75, 3.05) is 0 Å². The molecule has 0 radical (unpaired) electrons. The Hall–Kier alpha value is -1.22. The molecule has 3 heteroatoms. The summed E-state index contributed by atoms with van der Waals surface area (Å²) in [5, 5.41) is 0. The second-order valence-corrected chi connectivity index (χ2v) is 3.36. The Balaban J connectivity index is 2.91. The van der Waals surface area contributed by atoms with Gasteiger partial charge in [-0.1, -0.05) is 18.2 Å². The van der Waals surface area contributed by atoms with E-state index in [1.165, 1.54) is 18.2 Å². The van der Waals surface area contributed by atoms with Crippen LogP contribution in [-0.2, 0) is 6.42 Å². The third-order valence-electron chi connectivity index (χ3n) is 2.12. The zero-order chi connectivity index (χ0) is 10.7. The van der Waals surface area contributed by atoms with Crippen molar-refractivity contribution in [3.8, 4) is 0 Å². The van der Waals surface area contributed by atoms with Gasteiger partial charge in [0.15, 0.2) is 0 Å². The van der Waals surface area contributed by atoms with E-state index in [4.69, 9.17) is 5.73 Å². The first kappa shape index (κ1) is 10.9. The van der Waals surface area contributed by atoms with E-state index in [1.54, 1.807) is 6.92 Å². The van der Waals surface area contributed by atoms with Crippen molar-refractivity contribution in [3.05, 3.63) is 47.5 Å². The summed E-state index contributed by atoms with van der Waals surface area (Å²) < 4.78 is 26.3. The summed E-state index contributed by atoms with van der Waals surface area (Å²) in [6.07, 6.45) is 0.147. The molecule has 0 aliphatic rings. The fraction of sp³-hybridized carbons (Fsp3) is 0.273.